The molecule has 0 atom stereocenters. The molecule has 7 nitrogen and oxygen atoms in total. The number of anilines is 1. The lowest BCUT2D eigenvalue weighted by Gasteiger charge is -2.07. The molecule has 1 aromatic carbocycles. The molecule has 0 radical (unpaired) electrons. The molecule has 0 bridgehead atoms. The van der Waals surface area contributed by atoms with Crippen LogP contribution in [0.25, 0.3) is 21.3 Å². The lowest BCUT2D eigenvalue weighted by atomic mass is 10.1. The lowest BCUT2D eigenvalue weighted by molar-refractivity contribution is -0.114. The molecule has 0 saturated heterocycles. The highest BCUT2D eigenvalue weighted by molar-refractivity contribution is 7.98. The SMILES string of the molecule is CC(=O)Nc1nc(CSc2nc3scc(-c4ccccc4)c3c(=O)n2N)cs1. The van der Waals surface area contributed by atoms with E-state index in [2.05, 4.69) is 15.3 Å². The van der Waals surface area contributed by atoms with Crippen molar-refractivity contribution in [2.45, 2.75) is 17.8 Å². The van der Waals surface area contributed by atoms with Crippen molar-refractivity contribution < 1.29 is 4.79 Å². The number of carbonyl (C=O) groups is 1. The standard InChI is InChI=1S/C18H15N5O2S3/c1-10(24)20-17-21-12(7-27-17)8-28-18-22-15-14(16(25)23(18)19)13(9-26-15)11-5-3-2-4-6-11/h2-7,9H,8,19H2,1H3,(H,20,21,24). The van der Waals surface area contributed by atoms with Gasteiger partial charge in [-0.25, -0.2) is 14.6 Å². The van der Waals surface area contributed by atoms with Crippen molar-refractivity contribution in [2.24, 2.45) is 0 Å². The number of thioether (sulfide) groups is 1. The topological polar surface area (TPSA) is 103 Å². The molecule has 0 aliphatic heterocycles. The number of rotatable bonds is 5. The number of hydrogen-bond donors (Lipinski definition) is 2. The van der Waals surface area contributed by atoms with Gasteiger partial charge in [0.1, 0.15) is 4.83 Å². The first kappa shape index (κ1) is 18.7. The van der Waals surface area contributed by atoms with E-state index in [-0.39, 0.29) is 11.5 Å². The van der Waals surface area contributed by atoms with E-state index in [9.17, 15) is 9.59 Å². The Labute approximate surface area is 172 Å². The van der Waals surface area contributed by atoms with Crippen LogP contribution >= 0.6 is 34.4 Å². The summed E-state index contributed by atoms with van der Waals surface area (Å²) >= 11 is 4.10. The molecule has 3 aromatic heterocycles. The average Bonchev–Trinajstić information content (AvgIpc) is 3.30. The van der Waals surface area contributed by atoms with Gasteiger partial charge in [-0.05, 0) is 5.56 Å². The first-order valence-corrected chi connectivity index (χ1v) is 11.0. The smallest absolute Gasteiger partial charge is 0.282 e. The Morgan fingerprint density at radius 2 is 2.00 bits per heavy atom. The summed E-state index contributed by atoms with van der Waals surface area (Å²) in [7, 11) is 0. The number of nitrogens with zero attached hydrogens (tertiary/aromatic N) is 3. The van der Waals surface area contributed by atoms with Crippen molar-refractivity contribution in [1.82, 2.24) is 14.6 Å². The molecule has 0 unspecified atom stereocenters. The minimum absolute atomic E-state index is 0.164. The number of fused-ring (bicyclic) bond motifs is 1. The molecule has 0 fully saturated rings. The van der Waals surface area contributed by atoms with E-state index >= 15 is 0 Å². The first-order valence-electron chi connectivity index (χ1n) is 8.22. The minimum Gasteiger partial charge on any atom is -0.334 e. The summed E-state index contributed by atoms with van der Waals surface area (Å²) in [5.41, 5.74) is 2.31. The van der Waals surface area contributed by atoms with E-state index < -0.39 is 0 Å². The van der Waals surface area contributed by atoms with Crippen molar-refractivity contribution in [2.75, 3.05) is 11.2 Å². The van der Waals surface area contributed by atoms with E-state index in [0.29, 0.717) is 26.3 Å². The van der Waals surface area contributed by atoms with Crippen LogP contribution in [0, 0.1) is 0 Å². The fourth-order valence-corrected chi connectivity index (χ4v) is 5.30. The Bertz CT molecular complexity index is 1210. The van der Waals surface area contributed by atoms with Crippen LogP contribution < -0.4 is 16.7 Å². The predicted molar refractivity (Wildman–Crippen MR) is 115 cm³/mol. The molecular formula is C18H15N5O2S3. The Balaban J connectivity index is 1.62. The third kappa shape index (κ3) is 3.66. The number of thiazole rings is 1. The van der Waals surface area contributed by atoms with Gasteiger partial charge in [0.05, 0.1) is 11.1 Å². The highest BCUT2D eigenvalue weighted by Crippen LogP contribution is 2.32. The van der Waals surface area contributed by atoms with E-state index in [1.54, 1.807) is 0 Å². The highest BCUT2D eigenvalue weighted by atomic mass is 32.2. The minimum atomic E-state index is -0.273. The fraction of sp³-hybridized carbons (Fsp3) is 0.111. The third-order valence-electron chi connectivity index (χ3n) is 3.88. The van der Waals surface area contributed by atoms with E-state index in [4.69, 9.17) is 5.84 Å². The van der Waals surface area contributed by atoms with Crippen LogP contribution in [0.4, 0.5) is 5.13 Å². The summed E-state index contributed by atoms with van der Waals surface area (Å²) in [6.45, 7) is 1.44. The Hall–Kier alpha value is -2.69. The van der Waals surface area contributed by atoms with Crippen LogP contribution in [0.3, 0.4) is 0 Å². The normalized spacial score (nSPS) is 11.0. The molecule has 4 rings (SSSR count). The molecule has 3 heterocycles. The van der Waals surface area contributed by atoms with Crippen LogP contribution in [0.2, 0.25) is 0 Å². The van der Waals surface area contributed by atoms with Crippen molar-refractivity contribution in [1.29, 1.82) is 0 Å². The van der Waals surface area contributed by atoms with Crippen molar-refractivity contribution in [3.63, 3.8) is 0 Å². The number of amides is 1. The average molecular weight is 430 g/mol. The number of aromatic nitrogens is 3. The number of carbonyl (C=O) groups excluding carboxylic acids is 1. The summed E-state index contributed by atoms with van der Waals surface area (Å²) in [6, 6.07) is 9.71. The maximum atomic E-state index is 12.9. The lowest BCUT2D eigenvalue weighted by Crippen LogP contribution is -2.29. The van der Waals surface area contributed by atoms with Crippen LogP contribution in [0.5, 0.6) is 0 Å². The second-order valence-corrected chi connectivity index (χ2v) is 8.54. The second-order valence-electron chi connectivity index (χ2n) is 5.88. The predicted octanol–water partition coefficient (Wildman–Crippen LogP) is 3.55. The highest BCUT2D eigenvalue weighted by Gasteiger charge is 2.16. The number of nitrogens with two attached hydrogens (primary N) is 1. The largest absolute Gasteiger partial charge is 0.334 e. The molecule has 0 spiro atoms. The van der Waals surface area contributed by atoms with Crippen LogP contribution in [-0.2, 0) is 10.5 Å². The third-order valence-corrected chi connectivity index (χ3v) is 6.54. The molecule has 3 N–H and O–H groups in total. The molecule has 0 saturated carbocycles. The van der Waals surface area contributed by atoms with Crippen molar-refractivity contribution in [3.05, 3.63) is 57.1 Å². The molecule has 1 amide bonds. The molecule has 28 heavy (non-hydrogen) atoms. The van der Waals surface area contributed by atoms with Crippen LogP contribution in [-0.4, -0.2) is 20.6 Å². The number of nitrogens with one attached hydrogen (secondary N) is 1. The number of nitrogen functional groups attached to an aromatic ring is 1. The Kier molecular flexibility index (Phi) is 5.16. The molecule has 4 aromatic rings. The van der Waals surface area contributed by atoms with E-state index in [1.165, 1.54) is 41.4 Å². The zero-order chi connectivity index (χ0) is 19.7. The fourth-order valence-electron chi connectivity index (χ4n) is 2.64. The van der Waals surface area contributed by atoms with Gasteiger partial charge in [0.15, 0.2) is 10.3 Å². The Morgan fingerprint density at radius 1 is 1.21 bits per heavy atom. The molecule has 142 valence electrons. The molecule has 10 heteroatoms. The molecular weight excluding hydrogens is 414 g/mol. The van der Waals surface area contributed by atoms with Crippen LogP contribution in [0.15, 0.2) is 51.0 Å². The van der Waals surface area contributed by atoms with Crippen molar-refractivity contribution >= 4 is 55.7 Å². The summed E-state index contributed by atoms with van der Waals surface area (Å²) in [5, 5.41) is 7.94. The van der Waals surface area contributed by atoms with Gasteiger partial charge in [-0.1, -0.05) is 42.1 Å². The van der Waals surface area contributed by atoms with Gasteiger partial charge in [-0.3, -0.25) is 9.59 Å². The van der Waals surface area contributed by atoms with Gasteiger partial charge in [0.2, 0.25) is 5.91 Å². The zero-order valence-corrected chi connectivity index (χ0v) is 17.2. The van der Waals surface area contributed by atoms with Gasteiger partial charge < -0.3 is 11.2 Å². The second kappa shape index (κ2) is 7.74. The molecule has 0 aliphatic carbocycles. The van der Waals surface area contributed by atoms with Crippen LogP contribution in [0.1, 0.15) is 12.6 Å². The summed E-state index contributed by atoms with van der Waals surface area (Å²) < 4.78 is 1.09. The van der Waals surface area contributed by atoms with Gasteiger partial charge in [-0.2, -0.15) is 0 Å². The van der Waals surface area contributed by atoms with Crippen molar-refractivity contribution in [3.8, 4) is 11.1 Å². The van der Waals surface area contributed by atoms with E-state index in [0.717, 1.165) is 21.5 Å². The van der Waals surface area contributed by atoms with Gasteiger partial charge in [0, 0.05) is 29.0 Å². The number of hydrogen-bond acceptors (Lipinski definition) is 8. The van der Waals surface area contributed by atoms with Gasteiger partial charge in [0.25, 0.3) is 5.56 Å². The quantitative estimate of drug-likeness (QED) is 0.286. The number of benzene rings is 1. The Morgan fingerprint density at radius 3 is 2.75 bits per heavy atom. The van der Waals surface area contributed by atoms with E-state index in [1.807, 2.05) is 41.1 Å². The number of thiophene rings is 1. The van der Waals surface area contributed by atoms with Gasteiger partial charge in [-0.15, -0.1) is 22.7 Å². The first-order chi connectivity index (χ1) is 13.5. The zero-order valence-electron chi connectivity index (χ0n) is 14.7. The summed E-state index contributed by atoms with van der Waals surface area (Å²) in [4.78, 5) is 33.5. The summed E-state index contributed by atoms with van der Waals surface area (Å²) in [5.74, 6) is 6.37. The molecule has 0 aliphatic rings. The summed E-state index contributed by atoms with van der Waals surface area (Å²) in [6.07, 6.45) is 0. The maximum Gasteiger partial charge on any atom is 0.282 e. The monoisotopic (exact) mass is 429 g/mol. The maximum absolute atomic E-state index is 12.9. The van der Waals surface area contributed by atoms with Gasteiger partial charge >= 0.3 is 0 Å².